The Morgan fingerprint density at radius 2 is 2.00 bits per heavy atom. The van der Waals surface area contributed by atoms with Crippen LogP contribution in [-0.2, 0) is 16.1 Å². The summed E-state index contributed by atoms with van der Waals surface area (Å²) >= 11 is 0. The summed E-state index contributed by atoms with van der Waals surface area (Å²) in [4.78, 5) is 14.4. The maximum Gasteiger partial charge on any atom is 0.249 e. The van der Waals surface area contributed by atoms with Gasteiger partial charge >= 0.3 is 0 Å². The van der Waals surface area contributed by atoms with Crippen LogP contribution in [0.25, 0.3) is 0 Å². The fourth-order valence-electron chi connectivity index (χ4n) is 2.91. The van der Waals surface area contributed by atoms with Gasteiger partial charge in [-0.15, -0.1) is 0 Å². The van der Waals surface area contributed by atoms with E-state index in [1.165, 1.54) is 0 Å². The molecular formula is C19H31N3O3. The van der Waals surface area contributed by atoms with Crippen molar-refractivity contribution in [2.75, 3.05) is 32.8 Å². The molecule has 1 heterocycles. The maximum atomic E-state index is 12.1. The lowest BCUT2D eigenvalue weighted by molar-refractivity contribution is -0.132. The molecule has 0 radical (unpaired) electrons. The molecular weight excluding hydrogens is 318 g/mol. The number of ether oxygens (including phenoxy) is 2. The van der Waals surface area contributed by atoms with Crippen molar-refractivity contribution in [3.05, 3.63) is 29.8 Å². The summed E-state index contributed by atoms with van der Waals surface area (Å²) in [6, 6.07) is 7.84. The van der Waals surface area contributed by atoms with Gasteiger partial charge in [0.25, 0.3) is 0 Å². The third-order valence-corrected chi connectivity index (χ3v) is 4.62. The third kappa shape index (κ3) is 6.30. The van der Waals surface area contributed by atoms with Crippen molar-refractivity contribution in [3.8, 4) is 5.75 Å². The summed E-state index contributed by atoms with van der Waals surface area (Å²) in [6.45, 7) is 8.95. The Bertz CT molecular complexity index is 517. The molecule has 1 aromatic carbocycles. The van der Waals surface area contributed by atoms with Crippen LogP contribution >= 0.6 is 0 Å². The SMILES string of the molecule is CCN(CC)CCOc1ccc(CNC(=O)[C@@H]2CC[C@H](CN)O2)cc1. The lowest BCUT2D eigenvalue weighted by atomic mass is 10.1. The van der Waals surface area contributed by atoms with Gasteiger partial charge in [0.1, 0.15) is 18.5 Å². The van der Waals surface area contributed by atoms with E-state index in [4.69, 9.17) is 15.2 Å². The second-order valence-corrected chi connectivity index (χ2v) is 6.30. The molecule has 1 fully saturated rings. The van der Waals surface area contributed by atoms with Crippen molar-refractivity contribution in [1.82, 2.24) is 10.2 Å². The number of hydrogen-bond donors (Lipinski definition) is 2. The molecule has 0 bridgehead atoms. The van der Waals surface area contributed by atoms with Gasteiger partial charge < -0.3 is 25.4 Å². The summed E-state index contributed by atoms with van der Waals surface area (Å²) in [5.74, 6) is 0.794. The Morgan fingerprint density at radius 3 is 2.60 bits per heavy atom. The van der Waals surface area contributed by atoms with Gasteiger partial charge in [-0.25, -0.2) is 0 Å². The number of likely N-dealkylation sites (N-methyl/N-ethyl adjacent to an activating group) is 1. The van der Waals surface area contributed by atoms with Crippen LogP contribution in [0, 0.1) is 0 Å². The molecule has 140 valence electrons. The molecule has 1 aromatic rings. The first kappa shape index (κ1) is 19.7. The van der Waals surface area contributed by atoms with Gasteiger partial charge in [-0.2, -0.15) is 0 Å². The van der Waals surface area contributed by atoms with Gasteiger partial charge in [-0.05, 0) is 43.6 Å². The van der Waals surface area contributed by atoms with Crippen molar-refractivity contribution >= 4 is 5.91 Å². The Hall–Kier alpha value is -1.63. The van der Waals surface area contributed by atoms with Crippen LogP contribution in [0.2, 0.25) is 0 Å². The summed E-state index contributed by atoms with van der Waals surface area (Å²) in [7, 11) is 0. The van der Waals surface area contributed by atoms with Crippen LogP contribution in [0.15, 0.2) is 24.3 Å². The van der Waals surface area contributed by atoms with Crippen LogP contribution in [0.4, 0.5) is 0 Å². The van der Waals surface area contributed by atoms with Gasteiger partial charge in [-0.3, -0.25) is 4.79 Å². The minimum atomic E-state index is -0.365. The number of benzene rings is 1. The smallest absolute Gasteiger partial charge is 0.249 e. The fourth-order valence-corrected chi connectivity index (χ4v) is 2.91. The number of amides is 1. The highest BCUT2D eigenvalue weighted by Crippen LogP contribution is 2.19. The highest BCUT2D eigenvalue weighted by molar-refractivity contribution is 5.81. The summed E-state index contributed by atoms with van der Waals surface area (Å²) < 4.78 is 11.4. The first-order chi connectivity index (χ1) is 12.2. The monoisotopic (exact) mass is 349 g/mol. The van der Waals surface area contributed by atoms with E-state index < -0.39 is 0 Å². The van der Waals surface area contributed by atoms with E-state index in [1.807, 2.05) is 24.3 Å². The Labute approximate surface area is 150 Å². The number of nitrogens with one attached hydrogen (secondary N) is 1. The summed E-state index contributed by atoms with van der Waals surface area (Å²) in [5, 5.41) is 2.93. The molecule has 25 heavy (non-hydrogen) atoms. The second-order valence-electron chi connectivity index (χ2n) is 6.30. The predicted octanol–water partition coefficient (Wildman–Crippen LogP) is 1.53. The van der Waals surface area contributed by atoms with Crippen LogP contribution in [0.3, 0.4) is 0 Å². The highest BCUT2D eigenvalue weighted by atomic mass is 16.5. The molecule has 2 rings (SSSR count). The molecule has 3 N–H and O–H groups in total. The Kier molecular flexibility index (Phi) is 8.18. The highest BCUT2D eigenvalue weighted by Gasteiger charge is 2.29. The molecule has 1 amide bonds. The van der Waals surface area contributed by atoms with Crippen LogP contribution in [0.1, 0.15) is 32.3 Å². The fraction of sp³-hybridized carbons (Fsp3) is 0.632. The number of carbonyl (C=O) groups is 1. The van der Waals surface area contributed by atoms with E-state index in [-0.39, 0.29) is 18.1 Å². The largest absolute Gasteiger partial charge is 0.492 e. The molecule has 0 saturated carbocycles. The standard InChI is InChI=1S/C19H31N3O3/c1-3-22(4-2)11-12-24-16-7-5-15(6-8-16)14-21-19(23)18-10-9-17(13-20)25-18/h5-8,17-18H,3-4,9-14,20H2,1-2H3,(H,21,23)/t17-,18+/m1/s1. The third-order valence-electron chi connectivity index (χ3n) is 4.62. The summed E-state index contributed by atoms with van der Waals surface area (Å²) in [5.41, 5.74) is 6.61. The quantitative estimate of drug-likeness (QED) is 0.670. The topological polar surface area (TPSA) is 76.8 Å². The number of rotatable bonds is 10. The number of hydrogen-bond acceptors (Lipinski definition) is 5. The molecule has 1 aliphatic heterocycles. The van der Waals surface area contributed by atoms with E-state index in [0.717, 1.165) is 43.8 Å². The van der Waals surface area contributed by atoms with Gasteiger partial charge in [0, 0.05) is 19.6 Å². The minimum Gasteiger partial charge on any atom is -0.492 e. The Balaban J connectivity index is 1.70. The van der Waals surface area contributed by atoms with Crippen molar-refractivity contribution in [2.24, 2.45) is 5.73 Å². The first-order valence-corrected chi connectivity index (χ1v) is 9.23. The van der Waals surface area contributed by atoms with Crippen LogP contribution < -0.4 is 15.8 Å². The van der Waals surface area contributed by atoms with Crippen LogP contribution in [0.5, 0.6) is 5.75 Å². The molecule has 1 saturated heterocycles. The molecule has 1 aliphatic rings. The van der Waals surface area contributed by atoms with Crippen molar-refractivity contribution in [1.29, 1.82) is 0 Å². The maximum absolute atomic E-state index is 12.1. The predicted molar refractivity (Wildman–Crippen MR) is 98.5 cm³/mol. The lowest BCUT2D eigenvalue weighted by Crippen LogP contribution is -2.35. The van der Waals surface area contributed by atoms with Gasteiger partial charge in [0.2, 0.25) is 5.91 Å². The second kappa shape index (κ2) is 10.4. The van der Waals surface area contributed by atoms with Crippen LogP contribution in [-0.4, -0.2) is 55.8 Å². The van der Waals surface area contributed by atoms with Gasteiger partial charge in [-0.1, -0.05) is 26.0 Å². The number of carbonyl (C=O) groups excluding carboxylic acids is 1. The van der Waals surface area contributed by atoms with Gasteiger partial charge in [0.15, 0.2) is 0 Å². The van der Waals surface area contributed by atoms with E-state index in [9.17, 15) is 4.79 Å². The molecule has 0 aromatic heterocycles. The molecule has 0 unspecified atom stereocenters. The zero-order chi connectivity index (χ0) is 18.1. The summed E-state index contributed by atoms with van der Waals surface area (Å²) in [6.07, 6.45) is 1.25. The van der Waals surface area contributed by atoms with E-state index in [0.29, 0.717) is 19.7 Å². The lowest BCUT2D eigenvalue weighted by Gasteiger charge is -2.18. The van der Waals surface area contributed by atoms with Gasteiger partial charge in [0.05, 0.1) is 6.10 Å². The average molecular weight is 349 g/mol. The Morgan fingerprint density at radius 1 is 1.28 bits per heavy atom. The van der Waals surface area contributed by atoms with Crippen molar-refractivity contribution in [2.45, 2.75) is 45.4 Å². The average Bonchev–Trinajstić information content (AvgIpc) is 3.13. The van der Waals surface area contributed by atoms with E-state index in [2.05, 4.69) is 24.1 Å². The molecule has 0 aliphatic carbocycles. The number of nitrogens with zero attached hydrogens (tertiary/aromatic N) is 1. The molecule has 0 spiro atoms. The minimum absolute atomic E-state index is 0.0172. The zero-order valence-electron chi connectivity index (χ0n) is 15.4. The van der Waals surface area contributed by atoms with Crippen molar-refractivity contribution < 1.29 is 14.3 Å². The van der Waals surface area contributed by atoms with E-state index >= 15 is 0 Å². The molecule has 6 heteroatoms. The zero-order valence-corrected chi connectivity index (χ0v) is 15.4. The number of nitrogens with two attached hydrogens (primary N) is 1. The van der Waals surface area contributed by atoms with E-state index in [1.54, 1.807) is 0 Å². The first-order valence-electron chi connectivity index (χ1n) is 9.23. The normalized spacial score (nSPS) is 20.0. The molecule has 6 nitrogen and oxygen atoms in total. The van der Waals surface area contributed by atoms with Crippen molar-refractivity contribution in [3.63, 3.8) is 0 Å². The molecule has 2 atom stereocenters.